The predicted molar refractivity (Wildman–Crippen MR) is 126 cm³/mol. The fourth-order valence-electron chi connectivity index (χ4n) is 5.09. The van der Waals surface area contributed by atoms with Crippen LogP contribution in [0.15, 0.2) is 65.9 Å². The standard InChI is InChI=1S/C27H29N3O2/c1-5-32-20-13-11-18(12-14-20)24-23-17(2)29-30(19-9-7-6-8-10-19)26(23)28-21-15-27(3,4)16-22(31)25(21)24/h6-14,24,28H,5,15-16H2,1-4H3. The van der Waals surface area contributed by atoms with Crippen molar-refractivity contribution in [3.8, 4) is 11.4 Å². The Labute approximate surface area is 189 Å². The zero-order valence-electron chi connectivity index (χ0n) is 19.1. The van der Waals surface area contributed by atoms with E-state index in [1.807, 2.05) is 48.9 Å². The van der Waals surface area contributed by atoms with Gasteiger partial charge in [0.2, 0.25) is 0 Å². The maximum atomic E-state index is 13.4. The molecule has 0 saturated heterocycles. The van der Waals surface area contributed by atoms with Crippen LogP contribution in [0, 0.1) is 12.3 Å². The molecule has 32 heavy (non-hydrogen) atoms. The molecular formula is C27H29N3O2. The van der Waals surface area contributed by atoms with Crippen LogP contribution in [0.1, 0.15) is 56.4 Å². The van der Waals surface area contributed by atoms with E-state index in [9.17, 15) is 4.79 Å². The Morgan fingerprint density at radius 1 is 1.09 bits per heavy atom. The van der Waals surface area contributed by atoms with Gasteiger partial charge in [-0.3, -0.25) is 4.79 Å². The molecule has 0 bridgehead atoms. The number of ether oxygens (including phenoxy) is 1. The minimum atomic E-state index is -0.141. The average Bonchev–Trinajstić information content (AvgIpc) is 3.09. The first-order valence-electron chi connectivity index (χ1n) is 11.3. The molecule has 0 fully saturated rings. The van der Waals surface area contributed by atoms with Crippen molar-refractivity contribution in [1.82, 2.24) is 9.78 Å². The third kappa shape index (κ3) is 3.42. The van der Waals surface area contributed by atoms with Crippen LogP contribution in [0.25, 0.3) is 5.69 Å². The van der Waals surface area contributed by atoms with Crippen molar-refractivity contribution in [2.45, 2.75) is 46.5 Å². The SMILES string of the molecule is CCOc1ccc(C2C3=C(CC(C)(C)CC3=O)Nc3c2c(C)nn3-c2ccccc2)cc1. The highest BCUT2D eigenvalue weighted by atomic mass is 16.5. The van der Waals surface area contributed by atoms with Gasteiger partial charge in [-0.05, 0) is 55.5 Å². The van der Waals surface area contributed by atoms with Crippen molar-refractivity contribution in [2.75, 3.05) is 11.9 Å². The Bertz CT molecular complexity index is 1200. The molecule has 1 atom stereocenters. The van der Waals surface area contributed by atoms with Gasteiger partial charge in [0.25, 0.3) is 0 Å². The lowest BCUT2D eigenvalue weighted by atomic mass is 9.69. The number of aryl methyl sites for hydroxylation is 1. The third-order valence-corrected chi connectivity index (χ3v) is 6.40. The maximum Gasteiger partial charge on any atom is 0.162 e. The molecule has 3 aromatic rings. The highest BCUT2D eigenvalue weighted by Gasteiger charge is 2.42. The van der Waals surface area contributed by atoms with Crippen LogP contribution in [0.5, 0.6) is 5.75 Å². The number of hydrogen-bond donors (Lipinski definition) is 1. The second-order valence-electron chi connectivity index (χ2n) is 9.49. The highest BCUT2D eigenvalue weighted by Crippen LogP contribution is 2.50. The van der Waals surface area contributed by atoms with Gasteiger partial charge in [0.05, 0.1) is 18.0 Å². The van der Waals surface area contributed by atoms with Gasteiger partial charge in [-0.15, -0.1) is 0 Å². The molecule has 0 radical (unpaired) electrons. The molecule has 1 aliphatic carbocycles. The van der Waals surface area contributed by atoms with Crippen LogP contribution in [-0.2, 0) is 4.79 Å². The number of benzene rings is 2. The van der Waals surface area contributed by atoms with Gasteiger partial charge in [-0.2, -0.15) is 5.10 Å². The molecule has 0 saturated carbocycles. The van der Waals surface area contributed by atoms with Crippen molar-refractivity contribution >= 4 is 11.6 Å². The van der Waals surface area contributed by atoms with Gasteiger partial charge in [0.1, 0.15) is 11.6 Å². The van der Waals surface area contributed by atoms with E-state index < -0.39 is 0 Å². The van der Waals surface area contributed by atoms with E-state index in [-0.39, 0.29) is 17.1 Å². The summed E-state index contributed by atoms with van der Waals surface area (Å²) in [6.07, 6.45) is 1.39. The van der Waals surface area contributed by atoms with Crippen molar-refractivity contribution in [2.24, 2.45) is 5.41 Å². The first kappa shape index (κ1) is 20.6. The Morgan fingerprint density at radius 2 is 1.81 bits per heavy atom. The van der Waals surface area contributed by atoms with Gasteiger partial charge >= 0.3 is 0 Å². The summed E-state index contributed by atoms with van der Waals surface area (Å²) in [7, 11) is 0. The number of allylic oxidation sites excluding steroid dienone is 2. The molecule has 1 aliphatic heterocycles. The van der Waals surface area contributed by atoms with Crippen molar-refractivity contribution in [3.05, 3.63) is 82.7 Å². The lowest BCUT2D eigenvalue weighted by Crippen LogP contribution is -2.34. The summed E-state index contributed by atoms with van der Waals surface area (Å²) in [5, 5.41) is 8.53. The molecule has 2 aromatic carbocycles. The first-order chi connectivity index (χ1) is 15.4. The molecule has 2 aliphatic rings. The minimum Gasteiger partial charge on any atom is -0.494 e. The molecule has 5 nitrogen and oxygen atoms in total. The Hall–Kier alpha value is -3.34. The van der Waals surface area contributed by atoms with E-state index in [0.29, 0.717) is 13.0 Å². The van der Waals surface area contributed by atoms with Crippen LogP contribution >= 0.6 is 0 Å². The van der Waals surface area contributed by atoms with Gasteiger partial charge < -0.3 is 10.1 Å². The summed E-state index contributed by atoms with van der Waals surface area (Å²) in [4.78, 5) is 13.4. The number of nitrogens with one attached hydrogen (secondary N) is 1. The highest BCUT2D eigenvalue weighted by molar-refractivity contribution is 6.01. The molecule has 2 heterocycles. The molecule has 1 aromatic heterocycles. The molecule has 0 spiro atoms. The topological polar surface area (TPSA) is 56.1 Å². The number of aromatic nitrogens is 2. The number of nitrogens with zero attached hydrogens (tertiary/aromatic N) is 2. The van der Waals surface area contributed by atoms with Crippen LogP contribution in [0.3, 0.4) is 0 Å². The van der Waals surface area contributed by atoms with Gasteiger partial charge in [0.15, 0.2) is 5.78 Å². The van der Waals surface area contributed by atoms with Crippen molar-refractivity contribution in [3.63, 3.8) is 0 Å². The number of carbonyl (C=O) groups excluding carboxylic acids is 1. The summed E-state index contributed by atoms with van der Waals surface area (Å²) < 4.78 is 7.62. The zero-order chi connectivity index (χ0) is 22.5. The number of ketones is 1. The molecular weight excluding hydrogens is 398 g/mol. The fraction of sp³-hybridized carbons (Fsp3) is 0.333. The average molecular weight is 428 g/mol. The minimum absolute atomic E-state index is 0.0730. The number of anilines is 1. The number of rotatable bonds is 4. The summed E-state index contributed by atoms with van der Waals surface area (Å²) in [5.41, 5.74) is 5.93. The second-order valence-corrected chi connectivity index (χ2v) is 9.49. The van der Waals surface area contributed by atoms with Crippen molar-refractivity contribution in [1.29, 1.82) is 0 Å². The van der Waals surface area contributed by atoms with Crippen LogP contribution in [0.4, 0.5) is 5.82 Å². The summed E-state index contributed by atoms with van der Waals surface area (Å²) in [5.74, 6) is 1.88. The number of Topliss-reactive ketones (excluding diaryl/α,β-unsaturated/α-hetero) is 1. The molecule has 0 amide bonds. The van der Waals surface area contributed by atoms with E-state index in [2.05, 4.69) is 43.4 Å². The van der Waals surface area contributed by atoms with E-state index >= 15 is 0 Å². The predicted octanol–water partition coefficient (Wildman–Crippen LogP) is 5.78. The summed E-state index contributed by atoms with van der Waals surface area (Å²) in [6, 6.07) is 18.3. The normalized spacial score (nSPS) is 19.2. The van der Waals surface area contributed by atoms with E-state index in [1.54, 1.807) is 0 Å². The van der Waals surface area contributed by atoms with Crippen LogP contribution in [-0.4, -0.2) is 22.2 Å². The Balaban J connectivity index is 1.71. The Morgan fingerprint density at radius 3 is 2.50 bits per heavy atom. The summed E-state index contributed by atoms with van der Waals surface area (Å²) in [6.45, 7) is 8.97. The molecule has 1 N–H and O–H groups in total. The van der Waals surface area contributed by atoms with Crippen molar-refractivity contribution < 1.29 is 9.53 Å². The smallest absolute Gasteiger partial charge is 0.162 e. The molecule has 164 valence electrons. The quantitative estimate of drug-likeness (QED) is 0.573. The van der Waals surface area contributed by atoms with Crippen LogP contribution in [0.2, 0.25) is 0 Å². The third-order valence-electron chi connectivity index (χ3n) is 6.40. The van der Waals surface area contributed by atoms with E-state index in [1.165, 1.54) is 0 Å². The van der Waals surface area contributed by atoms with E-state index in [0.717, 1.165) is 51.8 Å². The van der Waals surface area contributed by atoms with Gasteiger partial charge in [-0.1, -0.05) is 44.2 Å². The molecule has 5 heteroatoms. The first-order valence-corrected chi connectivity index (χ1v) is 11.3. The molecule has 1 unspecified atom stereocenters. The second kappa shape index (κ2) is 7.66. The lowest BCUT2D eigenvalue weighted by Gasteiger charge is -2.38. The monoisotopic (exact) mass is 427 g/mol. The van der Waals surface area contributed by atoms with Gasteiger partial charge in [0, 0.05) is 29.2 Å². The van der Waals surface area contributed by atoms with E-state index in [4.69, 9.17) is 9.84 Å². The summed E-state index contributed by atoms with van der Waals surface area (Å²) >= 11 is 0. The van der Waals surface area contributed by atoms with Gasteiger partial charge in [-0.25, -0.2) is 4.68 Å². The zero-order valence-corrected chi connectivity index (χ0v) is 19.1. The Kier molecular flexibility index (Phi) is 4.92. The number of carbonyl (C=O) groups is 1. The fourth-order valence-corrected chi connectivity index (χ4v) is 5.09. The molecule has 5 rings (SSSR count). The lowest BCUT2D eigenvalue weighted by molar-refractivity contribution is -0.118. The maximum absolute atomic E-state index is 13.4. The van der Waals surface area contributed by atoms with Crippen LogP contribution < -0.4 is 10.1 Å². The largest absolute Gasteiger partial charge is 0.494 e. The number of hydrogen-bond acceptors (Lipinski definition) is 4. The number of fused-ring (bicyclic) bond motifs is 1. The number of para-hydroxylation sites is 1.